The molecule has 1 fully saturated rings. The SMILES string of the molecule is COc1ccc(N2C(=O)CS(=O)C2c2ccccc2)cc1. The predicted molar refractivity (Wildman–Crippen MR) is 82.7 cm³/mol. The van der Waals surface area contributed by atoms with E-state index in [2.05, 4.69) is 0 Å². The maximum absolute atomic E-state index is 12.3. The van der Waals surface area contributed by atoms with Crippen molar-refractivity contribution in [2.45, 2.75) is 5.37 Å². The fourth-order valence-corrected chi connectivity index (χ4v) is 3.93. The van der Waals surface area contributed by atoms with Gasteiger partial charge in [-0.05, 0) is 29.8 Å². The zero-order valence-corrected chi connectivity index (χ0v) is 12.4. The van der Waals surface area contributed by atoms with Crippen LogP contribution in [0.25, 0.3) is 0 Å². The number of carbonyl (C=O) groups is 1. The molecule has 4 nitrogen and oxygen atoms in total. The third-order valence-corrected chi connectivity index (χ3v) is 4.97. The molecule has 2 aromatic rings. The van der Waals surface area contributed by atoms with E-state index in [4.69, 9.17) is 4.74 Å². The molecule has 1 saturated heterocycles. The van der Waals surface area contributed by atoms with Gasteiger partial charge in [-0.1, -0.05) is 30.3 Å². The lowest BCUT2D eigenvalue weighted by Crippen LogP contribution is -2.28. The van der Waals surface area contributed by atoms with E-state index < -0.39 is 16.2 Å². The number of methoxy groups -OCH3 is 1. The van der Waals surface area contributed by atoms with Gasteiger partial charge >= 0.3 is 0 Å². The Morgan fingerprint density at radius 2 is 1.76 bits per heavy atom. The van der Waals surface area contributed by atoms with Crippen molar-refractivity contribution in [3.8, 4) is 5.75 Å². The lowest BCUT2D eigenvalue weighted by Gasteiger charge is -2.24. The van der Waals surface area contributed by atoms with Crippen LogP contribution in [-0.4, -0.2) is 23.0 Å². The monoisotopic (exact) mass is 301 g/mol. The second-order valence-corrected chi connectivity index (χ2v) is 6.25. The Bertz CT molecular complexity index is 670. The molecule has 0 radical (unpaired) electrons. The molecule has 1 amide bonds. The molecule has 108 valence electrons. The third kappa shape index (κ3) is 2.56. The number of amides is 1. The number of anilines is 1. The molecule has 5 heteroatoms. The fourth-order valence-electron chi connectivity index (χ4n) is 2.46. The summed E-state index contributed by atoms with van der Waals surface area (Å²) in [7, 11) is 0.361. The number of carbonyl (C=O) groups excluding carboxylic acids is 1. The predicted octanol–water partition coefficient (Wildman–Crippen LogP) is 2.49. The van der Waals surface area contributed by atoms with Gasteiger partial charge in [0.25, 0.3) is 0 Å². The van der Waals surface area contributed by atoms with Crippen molar-refractivity contribution < 1.29 is 13.7 Å². The molecular weight excluding hydrogens is 286 g/mol. The van der Waals surface area contributed by atoms with Gasteiger partial charge in [-0.3, -0.25) is 13.9 Å². The average molecular weight is 301 g/mol. The summed E-state index contributed by atoms with van der Waals surface area (Å²) < 4.78 is 17.4. The highest BCUT2D eigenvalue weighted by Crippen LogP contribution is 2.35. The fraction of sp³-hybridized carbons (Fsp3) is 0.188. The number of benzene rings is 2. The minimum Gasteiger partial charge on any atom is -0.497 e. The van der Waals surface area contributed by atoms with Gasteiger partial charge < -0.3 is 4.74 Å². The quantitative estimate of drug-likeness (QED) is 0.875. The molecule has 0 bridgehead atoms. The van der Waals surface area contributed by atoms with Crippen LogP contribution in [0.4, 0.5) is 5.69 Å². The summed E-state index contributed by atoms with van der Waals surface area (Å²) >= 11 is 0. The molecule has 2 aromatic carbocycles. The smallest absolute Gasteiger partial charge is 0.241 e. The van der Waals surface area contributed by atoms with Crippen molar-refractivity contribution in [1.29, 1.82) is 0 Å². The second kappa shape index (κ2) is 5.69. The van der Waals surface area contributed by atoms with Crippen molar-refractivity contribution in [1.82, 2.24) is 0 Å². The average Bonchev–Trinajstić information content (AvgIpc) is 2.82. The highest BCUT2D eigenvalue weighted by atomic mass is 32.2. The van der Waals surface area contributed by atoms with E-state index in [1.807, 2.05) is 42.5 Å². The Kier molecular flexibility index (Phi) is 3.75. The molecule has 1 aliphatic rings. The largest absolute Gasteiger partial charge is 0.497 e. The standard InChI is InChI=1S/C16H15NO3S/c1-20-14-9-7-13(8-10-14)17-15(18)11-21(19)16(17)12-5-3-2-4-6-12/h2-10,16H,11H2,1H3. The lowest BCUT2D eigenvalue weighted by molar-refractivity contribution is -0.115. The molecular formula is C16H15NO3S. The summed E-state index contributed by atoms with van der Waals surface area (Å²) in [5.41, 5.74) is 1.62. The van der Waals surface area contributed by atoms with E-state index in [9.17, 15) is 9.00 Å². The van der Waals surface area contributed by atoms with Gasteiger partial charge in [0.1, 0.15) is 16.9 Å². The number of rotatable bonds is 3. The van der Waals surface area contributed by atoms with Gasteiger partial charge in [0, 0.05) is 5.69 Å². The Labute approximate surface area is 125 Å². The van der Waals surface area contributed by atoms with E-state index in [0.29, 0.717) is 0 Å². The second-order valence-electron chi connectivity index (χ2n) is 4.75. The van der Waals surface area contributed by atoms with Crippen LogP contribution < -0.4 is 9.64 Å². The van der Waals surface area contributed by atoms with Crippen LogP contribution in [0.15, 0.2) is 54.6 Å². The Morgan fingerprint density at radius 3 is 2.38 bits per heavy atom. The maximum atomic E-state index is 12.3. The zero-order valence-electron chi connectivity index (χ0n) is 11.6. The first-order valence-electron chi connectivity index (χ1n) is 6.59. The van der Waals surface area contributed by atoms with Gasteiger partial charge in [-0.25, -0.2) is 0 Å². The molecule has 21 heavy (non-hydrogen) atoms. The molecule has 0 spiro atoms. The molecule has 2 unspecified atom stereocenters. The molecule has 0 saturated carbocycles. The van der Waals surface area contributed by atoms with Gasteiger partial charge in [0.15, 0.2) is 0 Å². The van der Waals surface area contributed by atoms with Crippen LogP contribution in [0.3, 0.4) is 0 Å². The van der Waals surface area contributed by atoms with Crippen LogP contribution in [0.5, 0.6) is 5.75 Å². The number of hydrogen-bond acceptors (Lipinski definition) is 3. The third-order valence-electron chi connectivity index (χ3n) is 3.45. The first kappa shape index (κ1) is 13.8. The molecule has 2 atom stereocenters. The van der Waals surface area contributed by atoms with Crippen LogP contribution in [-0.2, 0) is 15.6 Å². The molecule has 1 heterocycles. The van der Waals surface area contributed by atoms with Gasteiger partial charge in [0.05, 0.1) is 17.9 Å². The Morgan fingerprint density at radius 1 is 1.10 bits per heavy atom. The van der Waals surface area contributed by atoms with E-state index >= 15 is 0 Å². The molecule has 3 rings (SSSR count). The number of nitrogens with zero attached hydrogens (tertiary/aromatic N) is 1. The highest BCUT2D eigenvalue weighted by molar-refractivity contribution is 7.86. The van der Waals surface area contributed by atoms with E-state index in [0.717, 1.165) is 17.0 Å². The topological polar surface area (TPSA) is 46.6 Å². The Balaban J connectivity index is 2.01. The lowest BCUT2D eigenvalue weighted by atomic mass is 10.2. The van der Waals surface area contributed by atoms with Crippen molar-refractivity contribution in [2.24, 2.45) is 0 Å². The summed E-state index contributed by atoms with van der Waals surface area (Å²) in [6.07, 6.45) is 0. The van der Waals surface area contributed by atoms with Gasteiger partial charge in [0.2, 0.25) is 5.91 Å². The van der Waals surface area contributed by atoms with Crippen LogP contribution in [0.1, 0.15) is 10.9 Å². The van der Waals surface area contributed by atoms with Crippen molar-refractivity contribution in [2.75, 3.05) is 17.8 Å². The summed E-state index contributed by atoms with van der Waals surface area (Å²) in [6, 6.07) is 16.7. The van der Waals surface area contributed by atoms with Gasteiger partial charge in [-0.15, -0.1) is 0 Å². The molecule has 0 aliphatic carbocycles. The number of hydrogen-bond donors (Lipinski definition) is 0. The van der Waals surface area contributed by atoms with E-state index in [-0.39, 0.29) is 11.7 Å². The van der Waals surface area contributed by atoms with E-state index in [1.165, 1.54) is 0 Å². The van der Waals surface area contributed by atoms with Crippen LogP contribution in [0, 0.1) is 0 Å². The van der Waals surface area contributed by atoms with Crippen LogP contribution >= 0.6 is 0 Å². The summed E-state index contributed by atoms with van der Waals surface area (Å²) in [5.74, 6) is 0.668. The normalized spacial score (nSPS) is 21.6. The van der Waals surface area contributed by atoms with E-state index in [1.54, 1.807) is 24.1 Å². The highest BCUT2D eigenvalue weighted by Gasteiger charge is 2.39. The summed E-state index contributed by atoms with van der Waals surface area (Å²) in [4.78, 5) is 13.8. The van der Waals surface area contributed by atoms with Crippen molar-refractivity contribution >= 4 is 22.4 Å². The zero-order chi connectivity index (χ0) is 14.8. The van der Waals surface area contributed by atoms with Gasteiger partial charge in [-0.2, -0.15) is 0 Å². The summed E-state index contributed by atoms with van der Waals surface area (Å²) in [6.45, 7) is 0. The van der Waals surface area contributed by atoms with Crippen molar-refractivity contribution in [3.05, 3.63) is 60.2 Å². The first-order chi connectivity index (χ1) is 10.2. The minimum absolute atomic E-state index is 0.0611. The molecule has 1 aliphatic heterocycles. The van der Waals surface area contributed by atoms with Crippen molar-refractivity contribution in [3.63, 3.8) is 0 Å². The Hall–Kier alpha value is -2.14. The maximum Gasteiger partial charge on any atom is 0.241 e. The number of ether oxygens (including phenoxy) is 1. The van der Waals surface area contributed by atoms with Crippen LogP contribution in [0.2, 0.25) is 0 Å². The first-order valence-corrected chi connectivity index (χ1v) is 7.97. The molecule has 0 aromatic heterocycles. The minimum atomic E-state index is -1.23. The summed E-state index contributed by atoms with van der Waals surface area (Å²) in [5, 5.41) is -0.424. The molecule has 0 N–H and O–H groups in total.